The van der Waals surface area contributed by atoms with E-state index in [1.165, 1.54) is 48.8 Å². The normalized spacial score (nSPS) is 15.0. The maximum absolute atomic E-state index is 11.3. The number of carboxylic acid groups (broad SMARTS) is 2. The van der Waals surface area contributed by atoms with Crippen LogP contribution < -0.4 is 0 Å². The molecule has 1 unspecified atom stereocenters. The number of aryl methyl sites for hydroxylation is 1. The van der Waals surface area contributed by atoms with E-state index in [-0.39, 0.29) is 29.0 Å². The molecule has 1 heterocycles. The predicted molar refractivity (Wildman–Crippen MR) is 125 cm³/mol. The molecule has 0 aliphatic carbocycles. The minimum atomic E-state index is -0.846. The standard InChI is InChI=1S/C23H32O4S2/c24-22(25)13-14-28-21(18-23(26)27)20-12-6-5-11-19(20)10-4-2-1-3-7-15-29-16-8-9-17-29/h5-6,8-9,11-12,16-17,21,29H,1-4,7,10,13-15,18H2,(H,24,25)(H,26,27). The fourth-order valence-corrected chi connectivity index (χ4v) is 6.32. The van der Waals surface area contributed by atoms with Gasteiger partial charge >= 0.3 is 11.9 Å². The minimum Gasteiger partial charge on any atom is -0.481 e. The predicted octanol–water partition coefficient (Wildman–Crippen LogP) is 5.95. The van der Waals surface area contributed by atoms with Crippen LogP contribution in [-0.4, -0.2) is 33.7 Å². The van der Waals surface area contributed by atoms with Crippen molar-refractivity contribution in [2.24, 2.45) is 0 Å². The van der Waals surface area contributed by atoms with Crippen LogP contribution in [0.15, 0.2) is 47.2 Å². The molecular formula is C23H32O4S2. The molecule has 1 aliphatic heterocycles. The number of thioether (sulfide) groups is 1. The lowest BCUT2D eigenvalue weighted by molar-refractivity contribution is -0.137. The molecule has 1 atom stereocenters. The third kappa shape index (κ3) is 9.59. The molecule has 4 nitrogen and oxygen atoms in total. The Morgan fingerprint density at radius 3 is 2.34 bits per heavy atom. The van der Waals surface area contributed by atoms with Crippen LogP contribution in [0.1, 0.15) is 61.3 Å². The van der Waals surface area contributed by atoms with E-state index in [0.717, 1.165) is 18.4 Å². The number of allylic oxidation sites excluding steroid dienone is 2. The van der Waals surface area contributed by atoms with Gasteiger partial charge in [0.2, 0.25) is 0 Å². The largest absolute Gasteiger partial charge is 0.481 e. The Bertz CT molecular complexity index is 703. The number of thiol groups is 1. The lowest BCUT2D eigenvalue weighted by Crippen LogP contribution is -2.08. The van der Waals surface area contributed by atoms with Crippen molar-refractivity contribution in [3.05, 3.63) is 58.4 Å². The van der Waals surface area contributed by atoms with E-state index in [4.69, 9.17) is 5.11 Å². The van der Waals surface area contributed by atoms with Crippen LogP contribution in [-0.2, 0) is 16.0 Å². The molecule has 0 radical (unpaired) electrons. The Morgan fingerprint density at radius 1 is 0.931 bits per heavy atom. The van der Waals surface area contributed by atoms with Crippen LogP contribution in [0, 0.1) is 0 Å². The number of carbonyl (C=O) groups is 2. The number of benzene rings is 1. The van der Waals surface area contributed by atoms with Crippen LogP contribution in [0.2, 0.25) is 0 Å². The van der Waals surface area contributed by atoms with Gasteiger partial charge in [0.15, 0.2) is 0 Å². The molecule has 0 fully saturated rings. The first kappa shape index (κ1) is 23.6. The van der Waals surface area contributed by atoms with Crippen molar-refractivity contribution in [1.82, 2.24) is 0 Å². The van der Waals surface area contributed by atoms with Gasteiger partial charge in [-0.15, -0.1) is 0 Å². The van der Waals surface area contributed by atoms with E-state index in [2.05, 4.69) is 29.0 Å². The van der Waals surface area contributed by atoms with Gasteiger partial charge in [-0.1, -0.05) is 55.7 Å². The lowest BCUT2D eigenvalue weighted by Gasteiger charge is -2.19. The Hall–Kier alpha value is -1.66. The van der Waals surface area contributed by atoms with E-state index in [0.29, 0.717) is 5.75 Å². The fraction of sp³-hybridized carbons (Fsp3) is 0.478. The summed E-state index contributed by atoms with van der Waals surface area (Å²) in [6, 6.07) is 8.04. The number of carboxylic acids is 2. The maximum atomic E-state index is 11.3. The molecule has 0 saturated heterocycles. The molecule has 1 aromatic carbocycles. The number of rotatable bonds is 15. The monoisotopic (exact) mass is 436 g/mol. The first-order chi connectivity index (χ1) is 14.1. The van der Waals surface area contributed by atoms with Crippen molar-refractivity contribution in [2.45, 2.75) is 56.6 Å². The Balaban J connectivity index is 1.78. The summed E-state index contributed by atoms with van der Waals surface area (Å²) in [5, 5.41) is 22.6. The fourth-order valence-electron chi connectivity index (χ4n) is 3.44. The number of unbranched alkanes of at least 4 members (excludes halogenated alkanes) is 4. The quantitative estimate of drug-likeness (QED) is 0.234. The highest BCUT2D eigenvalue weighted by molar-refractivity contribution is 8.22. The summed E-state index contributed by atoms with van der Waals surface area (Å²) < 4.78 is 0. The minimum absolute atomic E-state index is 0.0175. The average Bonchev–Trinajstić information content (AvgIpc) is 3.20. The van der Waals surface area contributed by atoms with Crippen molar-refractivity contribution in [3.63, 3.8) is 0 Å². The summed E-state index contributed by atoms with van der Waals surface area (Å²) in [5.74, 6) is 0.0340. The van der Waals surface area contributed by atoms with E-state index < -0.39 is 11.9 Å². The average molecular weight is 437 g/mol. The van der Waals surface area contributed by atoms with Crippen molar-refractivity contribution in [3.8, 4) is 0 Å². The molecule has 29 heavy (non-hydrogen) atoms. The molecule has 2 rings (SSSR count). The number of aliphatic carboxylic acids is 2. The zero-order valence-corrected chi connectivity index (χ0v) is 18.5. The van der Waals surface area contributed by atoms with Crippen molar-refractivity contribution in [2.75, 3.05) is 11.5 Å². The molecule has 2 N–H and O–H groups in total. The van der Waals surface area contributed by atoms with Gasteiger partial charge in [0.05, 0.1) is 12.8 Å². The number of hydrogen-bond acceptors (Lipinski definition) is 3. The SMILES string of the molecule is O=C(O)CCSC(CC(=O)O)c1ccccc1CCCCCCC[SH]1C=CC=C1. The van der Waals surface area contributed by atoms with Gasteiger partial charge in [-0.25, -0.2) is 10.9 Å². The summed E-state index contributed by atoms with van der Waals surface area (Å²) in [4.78, 5) is 22.1. The lowest BCUT2D eigenvalue weighted by atomic mass is 9.97. The maximum Gasteiger partial charge on any atom is 0.304 e. The van der Waals surface area contributed by atoms with E-state index in [9.17, 15) is 14.7 Å². The Morgan fingerprint density at radius 2 is 1.62 bits per heavy atom. The van der Waals surface area contributed by atoms with Crippen LogP contribution in [0.25, 0.3) is 0 Å². The van der Waals surface area contributed by atoms with Crippen LogP contribution in [0.4, 0.5) is 0 Å². The van der Waals surface area contributed by atoms with Gasteiger partial charge in [-0.05, 0) is 47.0 Å². The summed E-state index contributed by atoms with van der Waals surface area (Å²) in [6.45, 7) is 0. The van der Waals surface area contributed by atoms with Crippen molar-refractivity contribution >= 4 is 34.6 Å². The topological polar surface area (TPSA) is 74.6 Å². The van der Waals surface area contributed by atoms with E-state index in [1.54, 1.807) is 0 Å². The molecule has 0 bridgehead atoms. The first-order valence-corrected chi connectivity index (χ1v) is 13.0. The summed E-state index contributed by atoms with van der Waals surface area (Å²) >= 11 is 1.44. The van der Waals surface area contributed by atoms with Crippen molar-refractivity contribution in [1.29, 1.82) is 0 Å². The van der Waals surface area contributed by atoms with Crippen LogP contribution in [0.5, 0.6) is 0 Å². The van der Waals surface area contributed by atoms with Gasteiger partial charge in [0.25, 0.3) is 0 Å². The molecule has 160 valence electrons. The van der Waals surface area contributed by atoms with Gasteiger partial charge in [0.1, 0.15) is 0 Å². The second-order valence-electron chi connectivity index (χ2n) is 7.24. The highest BCUT2D eigenvalue weighted by Gasteiger charge is 2.19. The van der Waals surface area contributed by atoms with Gasteiger partial charge in [-0.3, -0.25) is 9.59 Å². The molecular weight excluding hydrogens is 404 g/mol. The number of hydrogen-bond donors (Lipinski definition) is 3. The molecule has 0 aromatic heterocycles. The molecule has 0 spiro atoms. The van der Waals surface area contributed by atoms with Crippen molar-refractivity contribution < 1.29 is 19.8 Å². The third-order valence-electron chi connectivity index (χ3n) is 4.93. The first-order valence-electron chi connectivity index (χ1n) is 10.3. The molecule has 0 amide bonds. The Kier molecular flexibility index (Phi) is 11.0. The summed E-state index contributed by atoms with van der Waals surface area (Å²) in [7, 11) is 0.0175. The zero-order chi connectivity index (χ0) is 20.9. The van der Waals surface area contributed by atoms with Gasteiger partial charge < -0.3 is 10.2 Å². The molecule has 1 aliphatic rings. The molecule has 0 saturated carbocycles. The highest BCUT2D eigenvalue weighted by atomic mass is 32.2. The second-order valence-corrected chi connectivity index (χ2v) is 10.6. The van der Waals surface area contributed by atoms with Gasteiger partial charge in [-0.2, -0.15) is 11.8 Å². The van der Waals surface area contributed by atoms with Gasteiger partial charge in [0, 0.05) is 11.0 Å². The molecule has 6 heteroatoms. The molecule has 1 aromatic rings. The van der Waals surface area contributed by atoms with Crippen LogP contribution >= 0.6 is 22.7 Å². The zero-order valence-electron chi connectivity index (χ0n) is 16.8. The van der Waals surface area contributed by atoms with E-state index >= 15 is 0 Å². The van der Waals surface area contributed by atoms with E-state index in [1.807, 2.05) is 18.2 Å². The smallest absolute Gasteiger partial charge is 0.304 e. The second kappa shape index (κ2) is 13.5. The van der Waals surface area contributed by atoms with Crippen LogP contribution in [0.3, 0.4) is 0 Å². The third-order valence-corrected chi connectivity index (χ3v) is 8.13. The summed E-state index contributed by atoms with van der Waals surface area (Å²) in [6.07, 6.45) is 11.4. The Labute approximate surface area is 180 Å². The summed E-state index contributed by atoms with van der Waals surface area (Å²) in [5.41, 5.74) is 2.25. The highest BCUT2D eigenvalue weighted by Crippen LogP contribution is 2.36.